The summed E-state index contributed by atoms with van der Waals surface area (Å²) in [6.07, 6.45) is 1.26. The summed E-state index contributed by atoms with van der Waals surface area (Å²) in [5.41, 5.74) is 0.593. The molecule has 0 spiro atoms. The van der Waals surface area contributed by atoms with Gasteiger partial charge in [0.25, 0.3) is 0 Å². The topological polar surface area (TPSA) is 59.5 Å². The number of hydrogen-bond acceptors (Lipinski definition) is 4. The average molecular weight is 356 g/mol. The second-order valence-electron chi connectivity index (χ2n) is 8.12. The summed E-state index contributed by atoms with van der Waals surface area (Å²) in [6.45, 7) is 6.58. The standard InChI is InChI=1S/C20H21FN2O3/c1-20(2,3)26-19(25)23-9-14-15(10-23)17(14)18(24)12-6-7-22-16-5-4-11(21)8-13(12)16/h4-8,14-15,17H,9-10H2,1-3H3. The number of fused-ring (bicyclic) bond motifs is 2. The van der Waals surface area contributed by atoms with E-state index in [9.17, 15) is 14.0 Å². The third kappa shape index (κ3) is 2.93. The molecule has 1 aromatic heterocycles. The van der Waals surface area contributed by atoms with Crippen molar-refractivity contribution >= 4 is 22.8 Å². The van der Waals surface area contributed by atoms with Crippen LogP contribution in [0.25, 0.3) is 10.9 Å². The second-order valence-corrected chi connectivity index (χ2v) is 8.12. The quantitative estimate of drug-likeness (QED) is 0.771. The maximum absolute atomic E-state index is 13.6. The van der Waals surface area contributed by atoms with Gasteiger partial charge >= 0.3 is 6.09 Å². The molecule has 2 atom stereocenters. The zero-order chi connectivity index (χ0) is 18.6. The largest absolute Gasteiger partial charge is 0.444 e. The first-order valence-corrected chi connectivity index (χ1v) is 8.81. The highest BCUT2D eigenvalue weighted by Crippen LogP contribution is 2.53. The zero-order valence-electron chi connectivity index (χ0n) is 15.0. The number of amides is 1. The van der Waals surface area contributed by atoms with Crippen LogP contribution in [0.15, 0.2) is 30.5 Å². The summed E-state index contributed by atoms with van der Waals surface area (Å²) in [6, 6.07) is 5.94. The first kappa shape index (κ1) is 16.9. The number of rotatable bonds is 2. The molecule has 2 aliphatic rings. The van der Waals surface area contributed by atoms with Crippen LogP contribution < -0.4 is 0 Å². The highest BCUT2D eigenvalue weighted by atomic mass is 19.1. The van der Waals surface area contributed by atoms with E-state index in [1.165, 1.54) is 12.1 Å². The van der Waals surface area contributed by atoms with Gasteiger partial charge in [0, 0.05) is 36.2 Å². The summed E-state index contributed by atoms with van der Waals surface area (Å²) >= 11 is 0. The van der Waals surface area contributed by atoms with Crippen LogP contribution in [0.1, 0.15) is 31.1 Å². The van der Waals surface area contributed by atoms with Crippen LogP contribution in [0.4, 0.5) is 9.18 Å². The van der Waals surface area contributed by atoms with Crippen molar-refractivity contribution in [3.8, 4) is 0 Å². The second kappa shape index (κ2) is 5.76. The summed E-state index contributed by atoms with van der Waals surface area (Å²) in [7, 11) is 0. The Kier molecular flexibility index (Phi) is 3.75. The van der Waals surface area contributed by atoms with Gasteiger partial charge in [-0.1, -0.05) is 0 Å². The number of Topliss-reactive ketones (excluding diaryl/α,β-unsaturated/α-hetero) is 1. The molecular weight excluding hydrogens is 335 g/mol. The van der Waals surface area contributed by atoms with Crippen molar-refractivity contribution in [1.82, 2.24) is 9.88 Å². The third-order valence-corrected chi connectivity index (χ3v) is 5.12. The zero-order valence-corrected chi connectivity index (χ0v) is 15.0. The van der Waals surface area contributed by atoms with E-state index in [-0.39, 0.29) is 35.4 Å². The molecule has 1 amide bonds. The lowest BCUT2D eigenvalue weighted by Gasteiger charge is -2.25. The van der Waals surface area contributed by atoms with E-state index in [2.05, 4.69) is 4.98 Å². The van der Waals surface area contributed by atoms with E-state index < -0.39 is 5.60 Å². The monoisotopic (exact) mass is 356 g/mol. The molecule has 2 heterocycles. The van der Waals surface area contributed by atoms with Crippen molar-refractivity contribution in [2.75, 3.05) is 13.1 Å². The van der Waals surface area contributed by atoms with Gasteiger partial charge in [-0.2, -0.15) is 0 Å². The Balaban J connectivity index is 1.49. The minimum absolute atomic E-state index is 0.0156. The Bertz CT molecular complexity index is 894. The lowest BCUT2D eigenvalue weighted by Crippen LogP contribution is -2.37. The van der Waals surface area contributed by atoms with Gasteiger partial charge in [-0.15, -0.1) is 0 Å². The smallest absolute Gasteiger partial charge is 0.410 e. The maximum Gasteiger partial charge on any atom is 0.410 e. The Morgan fingerprint density at radius 1 is 1.19 bits per heavy atom. The molecule has 2 unspecified atom stereocenters. The van der Waals surface area contributed by atoms with Crippen molar-refractivity contribution in [3.63, 3.8) is 0 Å². The number of aromatic nitrogens is 1. The number of piperidine rings is 1. The van der Waals surface area contributed by atoms with Crippen LogP contribution >= 0.6 is 0 Å². The molecule has 136 valence electrons. The molecule has 0 bridgehead atoms. The third-order valence-electron chi connectivity index (χ3n) is 5.12. The predicted octanol–water partition coefficient (Wildman–Crippen LogP) is 3.67. The van der Waals surface area contributed by atoms with Crippen molar-refractivity contribution in [2.45, 2.75) is 26.4 Å². The molecule has 0 N–H and O–H groups in total. The van der Waals surface area contributed by atoms with Crippen LogP contribution in [0.2, 0.25) is 0 Å². The Hall–Kier alpha value is -2.50. The van der Waals surface area contributed by atoms with Crippen LogP contribution in [0.3, 0.4) is 0 Å². The van der Waals surface area contributed by atoms with E-state index in [0.717, 1.165) is 0 Å². The molecule has 1 saturated heterocycles. The normalized spacial score (nSPS) is 24.5. The Labute approximate surface area is 151 Å². The van der Waals surface area contributed by atoms with Crippen molar-refractivity contribution in [1.29, 1.82) is 0 Å². The Morgan fingerprint density at radius 3 is 2.54 bits per heavy atom. The van der Waals surface area contributed by atoms with Gasteiger partial charge in [-0.3, -0.25) is 9.78 Å². The van der Waals surface area contributed by atoms with Crippen molar-refractivity contribution in [3.05, 3.63) is 41.8 Å². The first-order valence-electron chi connectivity index (χ1n) is 8.81. The number of hydrogen-bond donors (Lipinski definition) is 0. The lowest BCUT2D eigenvalue weighted by atomic mass is 10.00. The van der Waals surface area contributed by atoms with Gasteiger partial charge in [-0.25, -0.2) is 9.18 Å². The lowest BCUT2D eigenvalue weighted by molar-refractivity contribution is 0.0264. The molecule has 1 saturated carbocycles. The first-order chi connectivity index (χ1) is 12.2. The van der Waals surface area contributed by atoms with E-state index in [0.29, 0.717) is 29.6 Å². The molecule has 5 nitrogen and oxygen atoms in total. The number of ether oxygens (including phenoxy) is 1. The Morgan fingerprint density at radius 2 is 1.88 bits per heavy atom. The fourth-order valence-corrected chi connectivity index (χ4v) is 3.90. The average Bonchev–Trinajstić information content (AvgIpc) is 3.05. The van der Waals surface area contributed by atoms with Gasteiger partial charge in [0.05, 0.1) is 5.52 Å². The van der Waals surface area contributed by atoms with Crippen molar-refractivity contribution in [2.24, 2.45) is 17.8 Å². The summed E-state index contributed by atoms with van der Waals surface area (Å²) in [5.74, 6) is -0.158. The maximum atomic E-state index is 13.6. The minimum atomic E-state index is -0.529. The molecule has 26 heavy (non-hydrogen) atoms. The molecule has 0 radical (unpaired) electrons. The number of carbonyl (C=O) groups is 2. The summed E-state index contributed by atoms with van der Waals surface area (Å²) < 4.78 is 19.0. The molecule has 2 aromatic rings. The van der Waals surface area contributed by atoms with Gasteiger partial charge in [0.1, 0.15) is 11.4 Å². The van der Waals surface area contributed by atoms with E-state index in [1.54, 1.807) is 23.2 Å². The number of likely N-dealkylation sites (tertiary alicyclic amines) is 1. The molecule has 2 fully saturated rings. The highest BCUT2D eigenvalue weighted by Gasteiger charge is 2.60. The number of carbonyl (C=O) groups excluding carboxylic acids is 2. The number of pyridine rings is 1. The molecule has 1 aromatic carbocycles. The molecular formula is C20H21FN2O3. The SMILES string of the molecule is CC(C)(C)OC(=O)N1CC2C(C1)C2C(=O)c1ccnc2ccc(F)cc12. The fraction of sp³-hybridized carbons (Fsp3) is 0.450. The highest BCUT2D eigenvalue weighted by molar-refractivity contribution is 6.09. The van der Waals surface area contributed by atoms with Crippen molar-refractivity contribution < 1.29 is 18.7 Å². The van der Waals surface area contributed by atoms with E-state index >= 15 is 0 Å². The van der Waals surface area contributed by atoms with E-state index in [4.69, 9.17) is 4.74 Å². The van der Waals surface area contributed by atoms with Crippen LogP contribution in [-0.4, -0.2) is 40.5 Å². The number of nitrogens with zero attached hydrogens (tertiary/aromatic N) is 2. The van der Waals surface area contributed by atoms with Crippen LogP contribution in [0.5, 0.6) is 0 Å². The molecule has 1 aliphatic heterocycles. The number of halogens is 1. The van der Waals surface area contributed by atoms with Gasteiger partial charge in [-0.05, 0) is 56.9 Å². The fourth-order valence-electron chi connectivity index (χ4n) is 3.90. The van der Waals surface area contributed by atoms with Crippen LogP contribution in [0, 0.1) is 23.6 Å². The van der Waals surface area contributed by atoms with Crippen LogP contribution in [-0.2, 0) is 4.74 Å². The van der Waals surface area contributed by atoms with Gasteiger partial charge in [0.2, 0.25) is 0 Å². The van der Waals surface area contributed by atoms with Gasteiger partial charge in [0.15, 0.2) is 5.78 Å². The number of benzene rings is 1. The summed E-state index contributed by atoms with van der Waals surface area (Å²) in [5, 5.41) is 0.548. The van der Waals surface area contributed by atoms with Gasteiger partial charge < -0.3 is 9.64 Å². The summed E-state index contributed by atoms with van der Waals surface area (Å²) in [4.78, 5) is 31.0. The molecule has 4 rings (SSSR count). The number of ketones is 1. The predicted molar refractivity (Wildman–Crippen MR) is 94.3 cm³/mol. The van der Waals surface area contributed by atoms with E-state index in [1.807, 2.05) is 20.8 Å². The molecule has 1 aliphatic carbocycles. The minimum Gasteiger partial charge on any atom is -0.444 e. The molecule has 6 heteroatoms.